The lowest BCUT2D eigenvalue weighted by molar-refractivity contribution is 0.0888. The number of nitrogens with one attached hydrogen (secondary N) is 2. The Bertz CT molecular complexity index is 598. The molecule has 1 aromatic carbocycles. The molecule has 26 heavy (non-hydrogen) atoms. The van der Waals surface area contributed by atoms with Gasteiger partial charge in [-0.25, -0.2) is 0 Å². The predicted octanol–water partition coefficient (Wildman–Crippen LogP) is 3.09. The highest BCUT2D eigenvalue weighted by Gasteiger charge is 2.45. The van der Waals surface area contributed by atoms with Crippen LogP contribution in [0.5, 0.6) is 0 Å². The van der Waals surface area contributed by atoms with E-state index in [0.29, 0.717) is 5.92 Å². The summed E-state index contributed by atoms with van der Waals surface area (Å²) in [4.78, 5) is 4.34. The lowest BCUT2D eigenvalue weighted by Gasteiger charge is -2.20. The second-order valence-electron chi connectivity index (χ2n) is 7.27. The monoisotopic (exact) mass is 423 g/mol. The Kier molecular flexibility index (Phi) is 7.34. The zero-order valence-corrected chi connectivity index (χ0v) is 17.2. The Balaban J connectivity index is 1.33. The molecule has 1 saturated heterocycles. The molecule has 144 valence electrons. The molecule has 1 heterocycles. The van der Waals surface area contributed by atoms with Gasteiger partial charge in [0, 0.05) is 49.2 Å². The van der Waals surface area contributed by atoms with Crippen LogP contribution in [0.3, 0.4) is 0 Å². The van der Waals surface area contributed by atoms with Crippen LogP contribution in [-0.2, 0) is 14.9 Å². The van der Waals surface area contributed by atoms with Gasteiger partial charge in [0.25, 0.3) is 0 Å². The molecule has 1 aliphatic carbocycles. The van der Waals surface area contributed by atoms with Crippen LogP contribution in [0.15, 0.2) is 33.7 Å². The molecule has 2 fully saturated rings. The highest BCUT2D eigenvalue weighted by molar-refractivity contribution is 9.10. The lowest BCUT2D eigenvalue weighted by atomic mass is 9.96. The van der Waals surface area contributed by atoms with Crippen molar-refractivity contribution in [3.63, 3.8) is 0 Å². The standard InChI is InChI=1S/C20H30BrN3O2/c1-22-19(23-10-4-11-25-13-16-7-12-26-14-16)24-15-20(8-9-20)17-5-2-3-6-18(17)21/h2-3,5-6,16H,4,7-15H2,1H3,(H2,22,23,24). The number of ether oxygens (including phenoxy) is 2. The summed E-state index contributed by atoms with van der Waals surface area (Å²) in [6.07, 6.45) is 4.55. The van der Waals surface area contributed by atoms with E-state index in [4.69, 9.17) is 9.47 Å². The molecule has 3 rings (SSSR count). The molecule has 0 spiro atoms. The number of aliphatic imine (C=N–C) groups is 1. The number of nitrogens with zero attached hydrogens (tertiary/aromatic N) is 1. The second-order valence-corrected chi connectivity index (χ2v) is 8.13. The van der Waals surface area contributed by atoms with Crippen molar-refractivity contribution in [2.45, 2.75) is 31.1 Å². The summed E-state index contributed by atoms with van der Waals surface area (Å²) in [6.45, 7) is 5.12. The SMILES string of the molecule is CN=C(NCCCOCC1CCOC1)NCC1(c2ccccc2Br)CC1. The fourth-order valence-electron chi connectivity index (χ4n) is 3.40. The molecule has 2 N–H and O–H groups in total. The summed E-state index contributed by atoms with van der Waals surface area (Å²) in [6, 6.07) is 8.53. The predicted molar refractivity (Wildman–Crippen MR) is 109 cm³/mol. The maximum Gasteiger partial charge on any atom is 0.191 e. The van der Waals surface area contributed by atoms with E-state index in [2.05, 4.69) is 55.8 Å². The topological polar surface area (TPSA) is 54.9 Å². The Morgan fingerprint density at radius 3 is 2.88 bits per heavy atom. The zero-order chi connectivity index (χ0) is 18.2. The van der Waals surface area contributed by atoms with Gasteiger partial charge < -0.3 is 20.1 Å². The van der Waals surface area contributed by atoms with Gasteiger partial charge in [0.15, 0.2) is 5.96 Å². The Morgan fingerprint density at radius 2 is 2.19 bits per heavy atom. The maximum atomic E-state index is 5.74. The van der Waals surface area contributed by atoms with Gasteiger partial charge in [0.2, 0.25) is 0 Å². The van der Waals surface area contributed by atoms with Crippen LogP contribution in [0.4, 0.5) is 0 Å². The van der Waals surface area contributed by atoms with Gasteiger partial charge in [-0.3, -0.25) is 4.99 Å². The van der Waals surface area contributed by atoms with Crippen molar-refractivity contribution < 1.29 is 9.47 Å². The fourth-order valence-corrected chi connectivity index (χ4v) is 4.11. The average Bonchev–Trinajstić information content (AvgIpc) is 3.26. The van der Waals surface area contributed by atoms with Crippen molar-refractivity contribution in [1.29, 1.82) is 0 Å². The Hall–Kier alpha value is -1.11. The Labute approximate surface area is 165 Å². The van der Waals surface area contributed by atoms with Crippen LogP contribution in [-0.4, -0.2) is 52.5 Å². The zero-order valence-electron chi connectivity index (χ0n) is 15.6. The van der Waals surface area contributed by atoms with E-state index in [0.717, 1.165) is 58.3 Å². The van der Waals surface area contributed by atoms with Crippen LogP contribution < -0.4 is 10.6 Å². The molecule has 0 radical (unpaired) electrons. The van der Waals surface area contributed by atoms with E-state index in [1.807, 2.05) is 7.05 Å². The van der Waals surface area contributed by atoms with Crippen molar-refractivity contribution in [2.24, 2.45) is 10.9 Å². The summed E-state index contributed by atoms with van der Waals surface area (Å²) in [5.74, 6) is 1.46. The number of benzene rings is 1. The lowest BCUT2D eigenvalue weighted by Crippen LogP contribution is -2.41. The molecule has 0 aromatic heterocycles. The van der Waals surface area contributed by atoms with Gasteiger partial charge >= 0.3 is 0 Å². The van der Waals surface area contributed by atoms with Crippen molar-refractivity contribution in [3.05, 3.63) is 34.3 Å². The normalized spacial score (nSPS) is 21.6. The van der Waals surface area contributed by atoms with E-state index in [-0.39, 0.29) is 5.41 Å². The summed E-state index contributed by atoms with van der Waals surface area (Å²) >= 11 is 3.69. The highest BCUT2D eigenvalue weighted by Crippen LogP contribution is 2.49. The molecular weight excluding hydrogens is 394 g/mol. The minimum atomic E-state index is 0.240. The van der Waals surface area contributed by atoms with Crippen molar-refractivity contribution in [3.8, 4) is 0 Å². The van der Waals surface area contributed by atoms with Crippen LogP contribution in [0.2, 0.25) is 0 Å². The second kappa shape index (κ2) is 9.72. The van der Waals surface area contributed by atoms with E-state index < -0.39 is 0 Å². The first-order valence-electron chi connectivity index (χ1n) is 9.58. The van der Waals surface area contributed by atoms with E-state index in [1.165, 1.54) is 22.9 Å². The van der Waals surface area contributed by atoms with E-state index >= 15 is 0 Å². The average molecular weight is 424 g/mol. The van der Waals surface area contributed by atoms with Crippen LogP contribution in [0.1, 0.15) is 31.2 Å². The molecule has 1 aliphatic heterocycles. The van der Waals surface area contributed by atoms with Crippen LogP contribution >= 0.6 is 15.9 Å². The van der Waals surface area contributed by atoms with Gasteiger partial charge in [-0.2, -0.15) is 0 Å². The maximum absolute atomic E-state index is 5.74. The quantitative estimate of drug-likeness (QED) is 0.364. The summed E-state index contributed by atoms with van der Waals surface area (Å²) in [5, 5.41) is 6.88. The number of rotatable bonds is 9. The van der Waals surface area contributed by atoms with Gasteiger partial charge in [-0.1, -0.05) is 34.1 Å². The first kappa shape index (κ1) is 19.6. The minimum absolute atomic E-state index is 0.240. The first-order chi connectivity index (χ1) is 12.7. The summed E-state index contributed by atoms with van der Waals surface area (Å²) in [5.41, 5.74) is 1.64. The summed E-state index contributed by atoms with van der Waals surface area (Å²) < 4.78 is 12.3. The number of guanidine groups is 1. The third-order valence-electron chi connectivity index (χ3n) is 5.25. The molecule has 1 aromatic rings. The Morgan fingerprint density at radius 1 is 1.35 bits per heavy atom. The first-order valence-corrected chi connectivity index (χ1v) is 10.4. The van der Waals surface area contributed by atoms with Crippen molar-refractivity contribution >= 4 is 21.9 Å². The molecule has 0 amide bonds. The third kappa shape index (κ3) is 5.44. The molecule has 5 nitrogen and oxygen atoms in total. The van der Waals surface area contributed by atoms with Crippen molar-refractivity contribution in [1.82, 2.24) is 10.6 Å². The molecule has 6 heteroatoms. The van der Waals surface area contributed by atoms with Crippen LogP contribution in [0, 0.1) is 5.92 Å². The molecule has 1 atom stereocenters. The highest BCUT2D eigenvalue weighted by atomic mass is 79.9. The van der Waals surface area contributed by atoms with Crippen LogP contribution in [0.25, 0.3) is 0 Å². The van der Waals surface area contributed by atoms with Gasteiger partial charge in [0.05, 0.1) is 13.2 Å². The van der Waals surface area contributed by atoms with Gasteiger partial charge in [-0.15, -0.1) is 0 Å². The molecule has 1 unspecified atom stereocenters. The van der Waals surface area contributed by atoms with Gasteiger partial charge in [0.1, 0.15) is 0 Å². The minimum Gasteiger partial charge on any atom is -0.381 e. The van der Waals surface area contributed by atoms with Crippen molar-refractivity contribution in [2.75, 3.05) is 46.6 Å². The fraction of sp³-hybridized carbons (Fsp3) is 0.650. The molecule has 2 aliphatic rings. The van der Waals surface area contributed by atoms with E-state index in [9.17, 15) is 0 Å². The summed E-state index contributed by atoms with van der Waals surface area (Å²) in [7, 11) is 1.82. The molecule has 0 bridgehead atoms. The largest absolute Gasteiger partial charge is 0.381 e. The number of hydrogen-bond acceptors (Lipinski definition) is 3. The smallest absolute Gasteiger partial charge is 0.191 e. The van der Waals surface area contributed by atoms with E-state index in [1.54, 1.807) is 0 Å². The molecule has 1 saturated carbocycles. The molecular formula is C20H30BrN3O2. The third-order valence-corrected chi connectivity index (χ3v) is 5.94. The van der Waals surface area contributed by atoms with Gasteiger partial charge in [-0.05, 0) is 37.3 Å². The number of hydrogen-bond donors (Lipinski definition) is 2. The number of halogens is 1.